The molecule has 0 aliphatic heterocycles. The third kappa shape index (κ3) is 4.09. The zero-order valence-corrected chi connectivity index (χ0v) is 22.7. The van der Waals surface area contributed by atoms with E-state index in [0.717, 1.165) is 6.42 Å². The van der Waals surface area contributed by atoms with E-state index in [4.69, 9.17) is 17.2 Å². The molecule has 3 aliphatic rings. The minimum atomic E-state index is -2.60. The van der Waals surface area contributed by atoms with Gasteiger partial charge in [-0.15, -0.1) is 0 Å². The molecule has 26 heavy (non-hydrogen) atoms. The molecule has 2 unspecified atom stereocenters. The van der Waals surface area contributed by atoms with Gasteiger partial charge in [-0.05, 0) is 0 Å². The molecule has 0 fully saturated rings. The van der Waals surface area contributed by atoms with Crippen LogP contribution in [0.4, 0.5) is 0 Å². The number of halogens is 2. The molecule has 0 aromatic carbocycles. The number of allylic oxidation sites excluding steroid dienone is 8. The van der Waals surface area contributed by atoms with Crippen LogP contribution in [0.1, 0.15) is 58.8 Å². The predicted octanol–water partition coefficient (Wildman–Crippen LogP) is 7.71. The molecule has 0 aromatic heterocycles. The van der Waals surface area contributed by atoms with Crippen LogP contribution in [0.25, 0.3) is 0 Å². The van der Waals surface area contributed by atoms with Crippen LogP contribution >= 0.6 is 17.2 Å². The molecule has 2 atom stereocenters. The van der Waals surface area contributed by atoms with E-state index in [1.807, 2.05) is 5.17 Å². The van der Waals surface area contributed by atoms with Crippen LogP contribution in [-0.4, -0.2) is 13.6 Å². The SMILES string of the molecule is CCCCC1=C(C2=CC=CC2)C2=C(CCCC(=[Si](C)C)C2C)[CH]1[Hf]([Cl])[Cl]. The Kier molecular flexibility index (Phi) is 7.61. The fourth-order valence-electron chi connectivity index (χ4n) is 5.07. The zero-order valence-electron chi connectivity index (χ0n) is 16.6. The van der Waals surface area contributed by atoms with Crippen LogP contribution in [0.3, 0.4) is 0 Å². The normalized spacial score (nSPS) is 25.6. The maximum absolute atomic E-state index is 6.82. The molecule has 0 amide bonds. The van der Waals surface area contributed by atoms with Gasteiger partial charge in [0.1, 0.15) is 0 Å². The predicted molar refractivity (Wildman–Crippen MR) is 116 cm³/mol. The van der Waals surface area contributed by atoms with Gasteiger partial charge in [0.15, 0.2) is 0 Å². The summed E-state index contributed by atoms with van der Waals surface area (Å²) in [6.07, 6.45) is 15.5. The van der Waals surface area contributed by atoms with Crippen molar-refractivity contribution in [2.24, 2.45) is 5.92 Å². The van der Waals surface area contributed by atoms with Gasteiger partial charge in [-0.25, -0.2) is 0 Å². The Morgan fingerprint density at radius 3 is 2.58 bits per heavy atom. The van der Waals surface area contributed by atoms with Crippen LogP contribution in [0.2, 0.25) is 16.8 Å². The van der Waals surface area contributed by atoms with Crippen molar-refractivity contribution in [2.75, 3.05) is 0 Å². The van der Waals surface area contributed by atoms with E-state index in [1.165, 1.54) is 44.1 Å². The summed E-state index contributed by atoms with van der Waals surface area (Å²) in [5, 5.41) is 1.83. The van der Waals surface area contributed by atoms with Crippen LogP contribution in [-0.2, 0) is 19.1 Å². The zero-order chi connectivity index (χ0) is 18.8. The van der Waals surface area contributed by atoms with Crippen LogP contribution in [0, 0.1) is 5.92 Å². The molecule has 0 nitrogen and oxygen atoms in total. The monoisotopic (exact) mass is 573 g/mol. The van der Waals surface area contributed by atoms with Gasteiger partial charge in [0.25, 0.3) is 0 Å². The van der Waals surface area contributed by atoms with Gasteiger partial charge in [-0.3, -0.25) is 0 Å². The van der Waals surface area contributed by atoms with Crippen LogP contribution in [0.5, 0.6) is 0 Å². The number of hydrogen-bond donors (Lipinski definition) is 0. The van der Waals surface area contributed by atoms with Gasteiger partial charge in [0, 0.05) is 0 Å². The van der Waals surface area contributed by atoms with E-state index in [0.29, 0.717) is 9.59 Å². The fraction of sp³-hybridized carbons (Fsp3) is 0.591. The summed E-state index contributed by atoms with van der Waals surface area (Å²) in [6.45, 7) is 9.71. The summed E-state index contributed by atoms with van der Waals surface area (Å²) in [6, 6.07) is 0. The molecule has 0 radical (unpaired) electrons. The molecule has 0 heterocycles. The van der Waals surface area contributed by atoms with Crippen molar-refractivity contribution in [1.82, 2.24) is 0 Å². The summed E-state index contributed by atoms with van der Waals surface area (Å²) in [5.74, 6) is 0.591. The molecule has 0 bridgehead atoms. The summed E-state index contributed by atoms with van der Waals surface area (Å²) >= 11 is -2.60. The van der Waals surface area contributed by atoms with Gasteiger partial charge >= 0.3 is 177 Å². The van der Waals surface area contributed by atoms with E-state index in [-0.39, 0.29) is 8.41 Å². The second-order valence-corrected chi connectivity index (χ2v) is 23.1. The summed E-state index contributed by atoms with van der Waals surface area (Å²) < 4.78 is 0.451. The third-order valence-electron chi connectivity index (χ3n) is 6.23. The van der Waals surface area contributed by atoms with Crippen molar-refractivity contribution < 1.29 is 19.1 Å². The Labute approximate surface area is 176 Å². The first kappa shape index (κ1) is 21.2. The van der Waals surface area contributed by atoms with Gasteiger partial charge in [0.2, 0.25) is 0 Å². The molecule has 3 rings (SSSR count). The third-order valence-corrected chi connectivity index (χ3v) is 15.8. The topological polar surface area (TPSA) is 0 Å². The van der Waals surface area contributed by atoms with E-state index >= 15 is 0 Å². The molecule has 141 valence electrons. The molecule has 0 aromatic rings. The van der Waals surface area contributed by atoms with Gasteiger partial charge in [-0.1, -0.05) is 0 Å². The number of rotatable bonds is 5. The fourth-order valence-corrected chi connectivity index (χ4v) is 15.1. The van der Waals surface area contributed by atoms with Crippen molar-refractivity contribution in [2.45, 2.75) is 75.6 Å². The van der Waals surface area contributed by atoms with Crippen molar-refractivity contribution in [3.63, 3.8) is 0 Å². The average molecular weight is 573 g/mol. The van der Waals surface area contributed by atoms with Gasteiger partial charge < -0.3 is 0 Å². The molecular weight excluding hydrogens is 542 g/mol. The van der Waals surface area contributed by atoms with Gasteiger partial charge in [-0.2, -0.15) is 0 Å². The van der Waals surface area contributed by atoms with E-state index in [1.54, 1.807) is 22.3 Å². The van der Waals surface area contributed by atoms with Crippen molar-refractivity contribution >= 4 is 30.7 Å². The Balaban J connectivity index is 2.18. The van der Waals surface area contributed by atoms with Crippen molar-refractivity contribution in [1.29, 1.82) is 0 Å². The van der Waals surface area contributed by atoms with E-state index in [9.17, 15) is 0 Å². The second-order valence-electron chi connectivity index (χ2n) is 8.09. The first-order valence-corrected chi connectivity index (χ1v) is 23.6. The average Bonchev–Trinajstić information content (AvgIpc) is 3.17. The van der Waals surface area contributed by atoms with Crippen molar-refractivity contribution in [3.8, 4) is 0 Å². The quantitative estimate of drug-likeness (QED) is 0.296. The minimum absolute atomic E-state index is 0.386. The summed E-state index contributed by atoms with van der Waals surface area (Å²) in [5.41, 5.74) is 8.09. The van der Waals surface area contributed by atoms with Crippen molar-refractivity contribution in [3.05, 3.63) is 46.1 Å². The van der Waals surface area contributed by atoms with E-state index < -0.39 is 19.1 Å². The van der Waals surface area contributed by atoms with E-state index in [2.05, 4.69) is 45.2 Å². The Hall–Kier alpha value is 0.497. The Bertz CT molecular complexity index is 720. The molecule has 0 saturated heterocycles. The molecule has 0 N–H and O–H groups in total. The maximum atomic E-state index is 6.82. The Morgan fingerprint density at radius 2 is 2.00 bits per heavy atom. The molecule has 4 heteroatoms. The first-order valence-electron chi connectivity index (χ1n) is 10.1. The standard InChI is InChI=1S/C22H31Si.2ClH.Hf/c1-5-6-10-19-15-18-13-9-14-20(23(3)4)16(2)21(18)22(19)17-11-7-8-12-17;;;/h7-8,11,15-16H,5-6,9-10,12-14H2,1-4H3;2*1H;/q;;;+2/p-2. The molecule has 0 saturated carbocycles. The summed E-state index contributed by atoms with van der Waals surface area (Å²) in [7, 11) is 13.3. The number of unbranched alkanes of at least 4 members (excludes halogenated alkanes) is 1. The Morgan fingerprint density at radius 1 is 1.23 bits per heavy atom. The number of hydrogen-bond acceptors (Lipinski definition) is 0. The van der Waals surface area contributed by atoms with Crippen LogP contribution in [0.15, 0.2) is 46.1 Å². The molecule has 0 spiro atoms. The molecular formula is C22H31Cl2HfSi. The summed E-state index contributed by atoms with van der Waals surface area (Å²) in [4.78, 5) is 0. The first-order chi connectivity index (χ1) is 12.5. The second kappa shape index (κ2) is 9.33. The van der Waals surface area contributed by atoms with Gasteiger partial charge in [0.05, 0.1) is 0 Å². The molecule has 3 aliphatic carbocycles. The van der Waals surface area contributed by atoms with Crippen LogP contribution < -0.4 is 0 Å².